The molecule has 350 valence electrons. The quantitative estimate of drug-likeness (QED) is 0.114. The first-order valence-corrected chi connectivity index (χ1v) is 27.1. The van der Waals surface area contributed by atoms with E-state index in [4.69, 9.17) is 18.9 Å². The zero-order valence-electron chi connectivity index (χ0n) is 39.9. The van der Waals surface area contributed by atoms with Crippen molar-refractivity contribution in [1.82, 2.24) is 19.7 Å². The summed E-state index contributed by atoms with van der Waals surface area (Å²) in [5.41, 5.74) is 2.39. The van der Waals surface area contributed by atoms with Crippen molar-refractivity contribution in [1.29, 1.82) is 0 Å². The molecule has 12 atom stereocenters. The van der Waals surface area contributed by atoms with Crippen LogP contribution in [-0.2, 0) is 45.2 Å². The highest BCUT2D eigenvalue weighted by atomic mass is 28.3. The SMILES string of the molecule is CC[C@]1(O)C[C@H]2CN(CCc3c([nH]c4ccc(C#C[Si](C)(C)C)cc34)[C@@](C(=O)OC)(C3C=C4C(=CC3OC)N(C)[C@H]3[C@@](O)(C(=O)OC)[C@H](OC(C)=O)[C@]5(CC)C=CCN6CC[C@]43[C@@H]65)C2)C1. The highest BCUT2D eigenvalue weighted by Gasteiger charge is 2.81. The van der Waals surface area contributed by atoms with Crippen LogP contribution in [0.2, 0.25) is 19.6 Å². The number of carbonyl (C=O) groups excluding carboxylic acids is 3. The third-order valence-electron chi connectivity index (χ3n) is 16.7. The second-order valence-electron chi connectivity index (χ2n) is 21.3. The van der Waals surface area contributed by atoms with Gasteiger partial charge in [-0.1, -0.05) is 57.6 Å². The number of nitrogens with one attached hydrogen (secondary N) is 1. The van der Waals surface area contributed by atoms with E-state index < -0.39 is 77.6 Å². The number of piperidine rings is 1. The molecule has 0 amide bonds. The third kappa shape index (κ3) is 6.61. The monoisotopic (exact) mass is 908 g/mol. The van der Waals surface area contributed by atoms with E-state index in [9.17, 15) is 19.8 Å². The van der Waals surface area contributed by atoms with Gasteiger partial charge in [0.15, 0.2) is 6.10 Å². The maximum absolute atomic E-state index is 15.6. The van der Waals surface area contributed by atoms with Crippen LogP contribution in [0.4, 0.5) is 0 Å². The van der Waals surface area contributed by atoms with Gasteiger partial charge in [0.05, 0.1) is 32.0 Å². The van der Waals surface area contributed by atoms with Crippen molar-refractivity contribution in [3.05, 3.63) is 70.6 Å². The van der Waals surface area contributed by atoms with Crippen molar-refractivity contribution in [2.24, 2.45) is 22.7 Å². The number of esters is 3. The molecule has 3 N–H and O–H groups in total. The highest BCUT2D eigenvalue weighted by Crippen LogP contribution is 2.70. The predicted molar refractivity (Wildman–Crippen MR) is 249 cm³/mol. The smallest absolute Gasteiger partial charge is 0.344 e. The van der Waals surface area contributed by atoms with Gasteiger partial charge in [0, 0.05) is 97.9 Å². The van der Waals surface area contributed by atoms with Crippen molar-refractivity contribution < 1.29 is 43.5 Å². The van der Waals surface area contributed by atoms with Crippen LogP contribution in [0.5, 0.6) is 0 Å². The molecule has 2 bridgehead atoms. The van der Waals surface area contributed by atoms with Crippen molar-refractivity contribution in [3.63, 3.8) is 0 Å². The fourth-order valence-corrected chi connectivity index (χ4v) is 14.9. The number of allylic oxidation sites excluding steroid dienone is 1. The first kappa shape index (κ1) is 45.9. The second kappa shape index (κ2) is 15.9. The lowest BCUT2D eigenvalue weighted by Crippen LogP contribution is -2.79. The number of carbonyl (C=O) groups is 3. The van der Waals surface area contributed by atoms with Crippen molar-refractivity contribution in [2.75, 3.05) is 61.1 Å². The number of fused-ring (bicyclic) bond motifs is 6. The molecular weight excluding hydrogens is 841 g/mol. The Morgan fingerprint density at radius 1 is 0.985 bits per heavy atom. The summed E-state index contributed by atoms with van der Waals surface area (Å²) < 4.78 is 24.3. The van der Waals surface area contributed by atoms with E-state index >= 15 is 4.79 Å². The van der Waals surface area contributed by atoms with Crippen LogP contribution in [0.1, 0.15) is 69.7 Å². The summed E-state index contributed by atoms with van der Waals surface area (Å²) in [7, 11) is 4.58. The largest absolute Gasteiger partial charge is 0.468 e. The van der Waals surface area contributed by atoms with E-state index in [-0.39, 0.29) is 12.0 Å². The van der Waals surface area contributed by atoms with Gasteiger partial charge >= 0.3 is 17.9 Å². The summed E-state index contributed by atoms with van der Waals surface area (Å²) in [5, 5.41) is 26.6. The number of aromatic amines is 1. The molecule has 1 spiro atoms. The minimum Gasteiger partial charge on any atom is -0.468 e. The van der Waals surface area contributed by atoms with Gasteiger partial charge in [0.25, 0.3) is 0 Å². The van der Waals surface area contributed by atoms with Gasteiger partial charge in [-0.3, -0.25) is 19.4 Å². The van der Waals surface area contributed by atoms with Gasteiger partial charge in [0.1, 0.15) is 13.5 Å². The van der Waals surface area contributed by atoms with Crippen LogP contribution in [0, 0.1) is 34.1 Å². The molecule has 0 radical (unpaired) electrons. The number of methoxy groups -OCH3 is 3. The molecule has 6 heterocycles. The number of benzene rings is 1. The number of rotatable bonds is 7. The van der Waals surface area contributed by atoms with E-state index in [1.165, 1.54) is 21.1 Å². The lowest BCUT2D eigenvalue weighted by molar-refractivity contribution is -0.243. The number of hydrogen-bond acceptors (Lipinski definition) is 12. The Bertz CT molecular complexity index is 2460. The van der Waals surface area contributed by atoms with Crippen molar-refractivity contribution in [3.8, 4) is 11.5 Å². The summed E-state index contributed by atoms with van der Waals surface area (Å²) in [5.74, 6) is 0.859. The standard InChI is InChI=1S/C51H68N4O9Si/c1-11-47(59)27-33-28-50(45(57)62-6,41-34(16-21-54(29-33)30-47)35-24-32(14-15-38(35)52-41)17-23-65(8,9)10)37-25-36-39(26-40(37)61-5)53(4)43-49(36)19-22-55-20-13-18-48(12-2,42(49)55)44(64-31(3)56)51(43,60)46(58)63-7/h13-15,18,24-26,33,37,40,42-44,52,59-60H,11-12,16,19-22,27-30H2,1-10H3/t33-,37?,40?,42+,43-,44-,47+,48-,49-,50+,51+/m1/s1. The lowest BCUT2D eigenvalue weighted by atomic mass is 9.47. The molecule has 4 fully saturated rings. The Labute approximate surface area is 384 Å². The first-order chi connectivity index (χ1) is 30.8. The Balaban J connectivity index is 1.33. The molecule has 1 aromatic heterocycles. The fourth-order valence-electron chi connectivity index (χ4n) is 14.3. The molecule has 65 heavy (non-hydrogen) atoms. The van der Waals surface area contributed by atoms with E-state index in [2.05, 4.69) is 82.3 Å². The van der Waals surface area contributed by atoms with Crippen LogP contribution >= 0.6 is 0 Å². The molecule has 1 aromatic carbocycles. The summed E-state index contributed by atoms with van der Waals surface area (Å²) >= 11 is 0. The number of ether oxygens (including phenoxy) is 4. The summed E-state index contributed by atoms with van der Waals surface area (Å²) in [6.45, 7) is 15.3. The van der Waals surface area contributed by atoms with E-state index in [1.807, 2.05) is 31.9 Å². The van der Waals surface area contributed by atoms with E-state index in [0.717, 1.165) is 39.0 Å². The molecule has 7 aliphatic rings. The van der Waals surface area contributed by atoms with Crippen LogP contribution in [0.3, 0.4) is 0 Å². The highest BCUT2D eigenvalue weighted by molar-refractivity contribution is 6.83. The zero-order valence-corrected chi connectivity index (χ0v) is 40.9. The number of nitrogens with zero attached hydrogens (tertiary/aromatic N) is 3. The van der Waals surface area contributed by atoms with E-state index in [1.54, 1.807) is 7.11 Å². The van der Waals surface area contributed by atoms with Crippen LogP contribution in [0.25, 0.3) is 10.9 Å². The van der Waals surface area contributed by atoms with Gasteiger partial charge in [-0.05, 0) is 86.4 Å². The molecule has 5 aliphatic heterocycles. The normalized spacial score (nSPS) is 38.3. The summed E-state index contributed by atoms with van der Waals surface area (Å²) in [6, 6.07) is 5.06. The number of likely N-dealkylation sites (N-methyl/N-ethyl adjacent to an activating group) is 1. The summed E-state index contributed by atoms with van der Waals surface area (Å²) in [4.78, 5) is 53.8. The average Bonchev–Trinajstić information content (AvgIpc) is 3.94. The van der Waals surface area contributed by atoms with Crippen LogP contribution in [-0.4, -0.2) is 152 Å². The maximum Gasteiger partial charge on any atom is 0.344 e. The van der Waals surface area contributed by atoms with Gasteiger partial charge in [0.2, 0.25) is 5.60 Å². The Kier molecular flexibility index (Phi) is 11.3. The number of aliphatic hydroxyl groups is 2. The minimum absolute atomic E-state index is 0.0939. The van der Waals surface area contributed by atoms with Gasteiger partial charge < -0.3 is 39.0 Å². The molecular formula is C51H68N4O9Si. The average molecular weight is 909 g/mol. The molecule has 2 aromatic rings. The van der Waals surface area contributed by atoms with Crippen LogP contribution < -0.4 is 0 Å². The predicted octanol–water partition coefficient (Wildman–Crippen LogP) is 4.86. The third-order valence-corrected chi connectivity index (χ3v) is 17.6. The minimum atomic E-state index is -2.30. The number of H-pyrrole nitrogens is 1. The van der Waals surface area contributed by atoms with E-state index in [0.29, 0.717) is 71.2 Å². The van der Waals surface area contributed by atoms with Gasteiger partial charge in [-0.2, -0.15) is 0 Å². The Hall–Kier alpha value is -4.23. The molecule has 13 nitrogen and oxygen atoms in total. The fraction of sp³-hybridized carbons (Fsp3) is 0.627. The maximum atomic E-state index is 15.6. The van der Waals surface area contributed by atoms with Gasteiger partial charge in [-0.15, -0.1) is 5.54 Å². The number of likely N-dealkylation sites (tertiary alicyclic amines) is 1. The van der Waals surface area contributed by atoms with Gasteiger partial charge in [-0.25, -0.2) is 4.79 Å². The second-order valence-corrected chi connectivity index (χ2v) is 26.0. The Morgan fingerprint density at radius 2 is 1.74 bits per heavy atom. The van der Waals surface area contributed by atoms with Crippen molar-refractivity contribution >= 4 is 36.9 Å². The topological polar surface area (TPSA) is 154 Å². The van der Waals surface area contributed by atoms with Crippen LogP contribution in [0.15, 0.2) is 53.8 Å². The van der Waals surface area contributed by atoms with Crippen molar-refractivity contribution in [2.45, 2.75) is 120 Å². The zero-order chi connectivity index (χ0) is 46.6. The Morgan fingerprint density at radius 3 is 2.40 bits per heavy atom. The number of hydrogen-bond donors (Lipinski definition) is 3. The number of aromatic nitrogens is 1. The molecule has 9 rings (SSSR count). The first-order valence-electron chi connectivity index (χ1n) is 23.6. The lowest BCUT2D eigenvalue weighted by Gasteiger charge is -2.63. The molecule has 3 saturated heterocycles. The molecule has 14 heteroatoms. The molecule has 2 aliphatic carbocycles. The molecule has 3 unspecified atom stereocenters. The molecule has 1 saturated carbocycles. The summed E-state index contributed by atoms with van der Waals surface area (Å²) in [6.07, 6.45) is 9.62.